The number of aromatic carboxylic acids is 1. The zero-order valence-electron chi connectivity index (χ0n) is 7.37. The Morgan fingerprint density at radius 2 is 2.38 bits per heavy atom. The van der Waals surface area contributed by atoms with Crippen LogP contribution < -0.4 is 5.32 Å². The van der Waals surface area contributed by atoms with Gasteiger partial charge in [0.15, 0.2) is 0 Å². The van der Waals surface area contributed by atoms with Crippen molar-refractivity contribution in [2.75, 3.05) is 11.9 Å². The minimum atomic E-state index is -0.863. The highest BCUT2D eigenvalue weighted by atomic mass is 16.4. The molecule has 0 bridgehead atoms. The molecule has 0 aromatic heterocycles. The zero-order chi connectivity index (χ0) is 9.42. The van der Waals surface area contributed by atoms with Crippen molar-refractivity contribution >= 4 is 11.7 Å². The van der Waals surface area contributed by atoms with Crippen LogP contribution in [0.1, 0.15) is 28.8 Å². The van der Waals surface area contributed by atoms with Gasteiger partial charge in [0.2, 0.25) is 0 Å². The van der Waals surface area contributed by atoms with Crippen molar-refractivity contribution in [1.82, 2.24) is 0 Å². The molecular weight excluding hydrogens is 166 g/mol. The lowest BCUT2D eigenvalue weighted by atomic mass is 10.0. The molecule has 1 aliphatic heterocycles. The lowest BCUT2D eigenvalue weighted by Gasteiger charge is -2.04. The van der Waals surface area contributed by atoms with Crippen molar-refractivity contribution in [3.63, 3.8) is 0 Å². The summed E-state index contributed by atoms with van der Waals surface area (Å²) in [6.07, 6.45) is 0. The van der Waals surface area contributed by atoms with Gasteiger partial charge in [-0.15, -0.1) is 0 Å². The van der Waals surface area contributed by atoms with Crippen molar-refractivity contribution in [2.45, 2.75) is 12.8 Å². The van der Waals surface area contributed by atoms with Gasteiger partial charge in [-0.05, 0) is 11.6 Å². The van der Waals surface area contributed by atoms with Crippen molar-refractivity contribution in [1.29, 1.82) is 0 Å². The molecule has 1 heterocycles. The molecule has 0 amide bonds. The molecule has 1 aliphatic rings. The van der Waals surface area contributed by atoms with Gasteiger partial charge in [-0.25, -0.2) is 4.79 Å². The second-order valence-corrected chi connectivity index (χ2v) is 3.36. The van der Waals surface area contributed by atoms with Gasteiger partial charge < -0.3 is 10.4 Å². The molecule has 0 spiro atoms. The Hall–Kier alpha value is -1.51. The summed E-state index contributed by atoms with van der Waals surface area (Å²) >= 11 is 0. The Morgan fingerprint density at radius 3 is 3.08 bits per heavy atom. The maximum atomic E-state index is 10.8. The second kappa shape index (κ2) is 2.76. The van der Waals surface area contributed by atoms with Crippen molar-refractivity contribution in [3.8, 4) is 0 Å². The largest absolute Gasteiger partial charge is 0.478 e. The summed E-state index contributed by atoms with van der Waals surface area (Å²) in [5.74, 6) is -0.451. The van der Waals surface area contributed by atoms with Crippen molar-refractivity contribution in [2.24, 2.45) is 0 Å². The SMILES string of the molecule is CC1CNc2c(C(=O)O)cccc21. The molecule has 13 heavy (non-hydrogen) atoms. The third-order valence-electron chi connectivity index (χ3n) is 2.44. The van der Waals surface area contributed by atoms with Crippen LogP contribution in [-0.2, 0) is 0 Å². The minimum Gasteiger partial charge on any atom is -0.478 e. The second-order valence-electron chi connectivity index (χ2n) is 3.36. The van der Waals surface area contributed by atoms with E-state index in [1.807, 2.05) is 6.07 Å². The molecule has 2 N–H and O–H groups in total. The number of carboxylic acid groups (broad SMARTS) is 1. The van der Waals surface area contributed by atoms with E-state index in [1.165, 1.54) is 0 Å². The molecule has 3 heteroatoms. The normalized spacial score (nSPS) is 19.3. The maximum absolute atomic E-state index is 10.8. The number of nitrogens with one attached hydrogen (secondary N) is 1. The van der Waals surface area contributed by atoms with Crippen LogP contribution in [0.4, 0.5) is 5.69 Å². The van der Waals surface area contributed by atoms with Gasteiger partial charge in [0.25, 0.3) is 0 Å². The Labute approximate surface area is 76.4 Å². The molecule has 2 rings (SSSR count). The van der Waals surface area contributed by atoms with Crippen LogP contribution in [0.25, 0.3) is 0 Å². The number of carbonyl (C=O) groups is 1. The van der Waals surface area contributed by atoms with Gasteiger partial charge in [-0.1, -0.05) is 19.1 Å². The molecule has 68 valence electrons. The minimum absolute atomic E-state index is 0.377. The maximum Gasteiger partial charge on any atom is 0.337 e. The number of rotatable bonds is 1. The fraction of sp³-hybridized carbons (Fsp3) is 0.300. The highest BCUT2D eigenvalue weighted by Gasteiger charge is 2.22. The molecule has 0 aliphatic carbocycles. The number of para-hydroxylation sites is 1. The lowest BCUT2D eigenvalue weighted by Crippen LogP contribution is -2.02. The predicted octanol–water partition coefficient (Wildman–Crippen LogP) is 1.91. The van der Waals surface area contributed by atoms with Gasteiger partial charge in [0.05, 0.1) is 11.3 Å². The zero-order valence-corrected chi connectivity index (χ0v) is 7.37. The van der Waals surface area contributed by atoms with Crippen LogP contribution in [0.5, 0.6) is 0 Å². The molecule has 0 saturated heterocycles. The molecular formula is C10H11NO2. The smallest absolute Gasteiger partial charge is 0.337 e. The average molecular weight is 177 g/mol. The molecule has 0 radical (unpaired) electrons. The van der Waals surface area contributed by atoms with Crippen molar-refractivity contribution in [3.05, 3.63) is 29.3 Å². The molecule has 3 nitrogen and oxygen atoms in total. The van der Waals surface area contributed by atoms with Crippen LogP contribution >= 0.6 is 0 Å². The molecule has 1 atom stereocenters. The van der Waals surface area contributed by atoms with E-state index >= 15 is 0 Å². The average Bonchev–Trinajstić information content (AvgIpc) is 2.48. The van der Waals surface area contributed by atoms with E-state index in [1.54, 1.807) is 12.1 Å². The van der Waals surface area contributed by atoms with Gasteiger partial charge in [-0.2, -0.15) is 0 Å². The number of benzene rings is 1. The first kappa shape index (κ1) is 8.10. The Balaban J connectivity index is 2.57. The number of anilines is 1. The van der Waals surface area contributed by atoms with Crippen molar-refractivity contribution < 1.29 is 9.90 Å². The van der Waals surface area contributed by atoms with E-state index in [0.717, 1.165) is 17.8 Å². The van der Waals surface area contributed by atoms with Crippen LogP contribution in [0, 0.1) is 0 Å². The first-order chi connectivity index (χ1) is 6.20. The summed E-state index contributed by atoms with van der Waals surface area (Å²) in [6.45, 7) is 2.92. The fourth-order valence-corrected chi connectivity index (χ4v) is 1.72. The van der Waals surface area contributed by atoms with E-state index in [9.17, 15) is 4.79 Å². The third kappa shape index (κ3) is 1.16. The van der Waals surface area contributed by atoms with E-state index in [2.05, 4.69) is 12.2 Å². The predicted molar refractivity (Wildman–Crippen MR) is 50.3 cm³/mol. The molecule has 0 saturated carbocycles. The summed E-state index contributed by atoms with van der Waals surface area (Å²) in [6, 6.07) is 5.41. The summed E-state index contributed by atoms with van der Waals surface area (Å²) in [4.78, 5) is 10.8. The summed E-state index contributed by atoms with van der Waals surface area (Å²) in [5, 5.41) is 12.0. The van der Waals surface area contributed by atoms with E-state index < -0.39 is 5.97 Å². The first-order valence-electron chi connectivity index (χ1n) is 4.30. The Kier molecular flexibility index (Phi) is 1.72. The standard InChI is InChI=1S/C10H11NO2/c1-6-5-11-9-7(6)3-2-4-8(9)10(12)13/h2-4,6,11H,5H2,1H3,(H,12,13). The molecule has 1 aromatic carbocycles. The monoisotopic (exact) mass is 177 g/mol. The summed E-state index contributed by atoms with van der Waals surface area (Å²) < 4.78 is 0. The third-order valence-corrected chi connectivity index (χ3v) is 2.44. The van der Waals surface area contributed by atoms with Gasteiger partial charge in [-0.3, -0.25) is 0 Å². The fourth-order valence-electron chi connectivity index (χ4n) is 1.72. The van der Waals surface area contributed by atoms with Gasteiger partial charge in [0, 0.05) is 12.5 Å². The van der Waals surface area contributed by atoms with Crippen LogP contribution in [0.2, 0.25) is 0 Å². The van der Waals surface area contributed by atoms with Gasteiger partial charge >= 0.3 is 5.97 Å². The molecule has 1 aromatic rings. The quantitative estimate of drug-likeness (QED) is 0.689. The van der Waals surface area contributed by atoms with Gasteiger partial charge in [0.1, 0.15) is 0 Å². The van der Waals surface area contributed by atoms with Crippen LogP contribution in [-0.4, -0.2) is 17.6 Å². The lowest BCUT2D eigenvalue weighted by molar-refractivity contribution is 0.0698. The highest BCUT2D eigenvalue weighted by molar-refractivity contribution is 5.95. The first-order valence-corrected chi connectivity index (χ1v) is 4.30. The molecule has 0 fully saturated rings. The highest BCUT2D eigenvalue weighted by Crippen LogP contribution is 2.33. The summed E-state index contributed by atoms with van der Waals surface area (Å²) in [5.41, 5.74) is 2.28. The van der Waals surface area contributed by atoms with E-state index in [0.29, 0.717) is 11.5 Å². The van der Waals surface area contributed by atoms with Crippen LogP contribution in [0.15, 0.2) is 18.2 Å². The number of fused-ring (bicyclic) bond motifs is 1. The number of hydrogen-bond donors (Lipinski definition) is 2. The molecule has 1 unspecified atom stereocenters. The summed E-state index contributed by atoms with van der Waals surface area (Å²) in [7, 11) is 0. The topological polar surface area (TPSA) is 49.3 Å². The van der Waals surface area contributed by atoms with E-state index in [-0.39, 0.29) is 0 Å². The van der Waals surface area contributed by atoms with E-state index in [4.69, 9.17) is 5.11 Å². The Bertz CT molecular complexity index is 360. The number of hydrogen-bond acceptors (Lipinski definition) is 2. The number of carboxylic acids is 1. The van der Waals surface area contributed by atoms with Crippen LogP contribution in [0.3, 0.4) is 0 Å². The Morgan fingerprint density at radius 1 is 1.62 bits per heavy atom.